The normalized spacial score (nSPS) is 25.7. The minimum Gasteiger partial charge on any atom is -0.476 e. The van der Waals surface area contributed by atoms with Crippen molar-refractivity contribution in [1.29, 1.82) is 0 Å². The molecule has 4 aliphatic carbocycles. The molecular weight excluding hydrogens is 546 g/mol. The predicted octanol–water partition coefficient (Wildman–Crippen LogP) is 5.34. The minimum atomic E-state index is -1.23. The Kier molecular flexibility index (Phi) is 7.61. The van der Waals surface area contributed by atoms with Gasteiger partial charge in [-0.05, 0) is 87.2 Å². The Balaban J connectivity index is 1.43. The first-order valence-corrected chi connectivity index (χ1v) is 15.6. The van der Waals surface area contributed by atoms with Crippen LogP contribution in [-0.4, -0.2) is 49.0 Å². The molecule has 10 heteroatoms. The number of aromatic carboxylic acids is 1. The number of imide groups is 1. The monoisotopic (exact) mass is 589 g/mol. The zero-order valence-corrected chi connectivity index (χ0v) is 25.5. The molecule has 2 atom stereocenters. The van der Waals surface area contributed by atoms with Gasteiger partial charge < -0.3 is 25.1 Å². The number of nitrogens with two attached hydrogens (primary N) is 1. The van der Waals surface area contributed by atoms with Crippen LogP contribution in [0.3, 0.4) is 0 Å². The van der Waals surface area contributed by atoms with Crippen LogP contribution in [-0.2, 0) is 18.3 Å². The van der Waals surface area contributed by atoms with E-state index in [1.165, 1.54) is 31.1 Å². The van der Waals surface area contributed by atoms with Crippen molar-refractivity contribution in [2.75, 3.05) is 0 Å². The molecular formula is C33H43N5O5. The highest BCUT2D eigenvalue weighted by Gasteiger charge is 2.52. The van der Waals surface area contributed by atoms with Crippen molar-refractivity contribution in [3.8, 4) is 0 Å². The van der Waals surface area contributed by atoms with Crippen LogP contribution in [0.5, 0.6) is 0 Å². The van der Waals surface area contributed by atoms with E-state index in [0.717, 1.165) is 35.7 Å². The average molecular weight is 590 g/mol. The molecule has 2 aromatic heterocycles. The van der Waals surface area contributed by atoms with Gasteiger partial charge in [0.2, 0.25) is 11.8 Å². The highest BCUT2D eigenvalue weighted by Crippen LogP contribution is 2.55. The molecule has 1 aromatic carbocycles. The average Bonchev–Trinajstić information content (AvgIpc) is 3.46. The number of carboxylic acid groups (broad SMARTS) is 1. The van der Waals surface area contributed by atoms with Gasteiger partial charge in [0.25, 0.3) is 0 Å². The molecule has 1 unspecified atom stereocenters. The first kappa shape index (κ1) is 29.4. The maximum absolute atomic E-state index is 14.5. The van der Waals surface area contributed by atoms with Crippen LogP contribution in [0.15, 0.2) is 34.9 Å². The maximum Gasteiger partial charge on any atom is 0.358 e. The standard InChI is InChI=1S/C33H43N5O5/c1-18(2)9-25(34)30(39)38(32(42)36-33-14-20-10-21(15-33)12-22(11-20)16-33)27(29-35-28(31(40)41)19(3)43-29)13-23-17-37(4)26-8-6-5-7-24(23)26/h5-8,17-18,20-22,25,27H,9-16,34H2,1-4H3,(H,36,42)(H,40,41)/t20?,21?,22?,25?,27-,33?/m1/s1. The molecule has 3 aromatic rings. The van der Waals surface area contributed by atoms with E-state index in [1.54, 1.807) is 0 Å². The molecule has 0 aliphatic heterocycles. The van der Waals surface area contributed by atoms with Crippen molar-refractivity contribution < 1.29 is 23.9 Å². The fourth-order valence-corrected chi connectivity index (χ4v) is 8.58. The third-order valence-electron chi connectivity index (χ3n) is 9.91. The molecule has 3 amide bonds. The largest absolute Gasteiger partial charge is 0.476 e. The number of carbonyl (C=O) groups excluding carboxylic acids is 2. The summed E-state index contributed by atoms with van der Waals surface area (Å²) < 4.78 is 7.95. The second-order valence-electron chi connectivity index (χ2n) is 13.8. The fraction of sp³-hybridized carbons (Fsp3) is 0.576. The van der Waals surface area contributed by atoms with Gasteiger partial charge in [0.15, 0.2) is 5.69 Å². The van der Waals surface area contributed by atoms with Crippen molar-refractivity contribution in [3.63, 3.8) is 0 Å². The van der Waals surface area contributed by atoms with Crippen molar-refractivity contribution in [3.05, 3.63) is 53.4 Å². The number of carboxylic acids is 1. The number of fused-ring (bicyclic) bond motifs is 1. The summed E-state index contributed by atoms with van der Waals surface area (Å²) in [4.78, 5) is 46.3. The summed E-state index contributed by atoms with van der Waals surface area (Å²) >= 11 is 0. The number of oxazole rings is 1. The van der Waals surface area contributed by atoms with Crippen LogP contribution >= 0.6 is 0 Å². The summed E-state index contributed by atoms with van der Waals surface area (Å²) in [6.45, 7) is 5.50. The molecule has 0 saturated heterocycles. The number of hydrogen-bond acceptors (Lipinski definition) is 6. The lowest BCUT2D eigenvalue weighted by molar-refractivity contribution is -0.132. The van der Waals surface area contributed by atoms with E-state index in [-0.39, 0.29) is 35.2 Å². The number of nitrogens with one attached hydrogen (secondary N) is 1. The quantitative estimate of drug-likeness (QED) is 0.306. The van der Waals surface area contributed by atoms with Crippen molar-refractivity contribution in [2.24, 2.45) is 36.5 Å². The Bertz CT molecular complexity index is 1520. The summed E-state index contributed by atoms with van der Waals surface area (Å²) in [5.41, 5.74) is 7.78. The Morgan fingerprint density at radius 1 is 1.14 bits per heavy atom. The molecule has 43 heavy (non-hydrogen) atoms. The summed E-state index contributed by atoms with van der Waals surface area (Å²) in [5.74, 6) is 0.289. The summed E-state index contributed by atoms with van der Waals surface area (Å²) in [6, 6.07) is 5.47. The topological polar surface area (TPSA) is 144 Å². The number of aryl methyl sites for hydroxylation is 2. The van der Waals surface area contributed by atoms with Gasteiger partial charge in [-0.3, -0.25) is 9.69 Å². The fourth-order valence-electron chi connectivity index (χ4n) is 8.58. The first-order valence-electron chi connectivity index (χ1n) is 15.6. The van der Waals surface area contributed by atoms with Crippen LogP contribution in [0.2, 0.25) is 0 Å². The molecule has 4 saturated carbocycles. The SMILES string of the molecule is Cc1oc([C@@H](Cc2cn(C)c3ccccc23)N(C(=O)NC23CC4CC(CC(C4)C2)C3)C(=O)C(N)CC(C)C)nc1C(=O)O. The zero-order valence-electron chi connectivity index (χ0n) is 25.5. The molecule has 4 fully saturated rings. The van der Waals surface area contributed by atoms with Gasteiger partial charge in [-0.2, -0.15) is 0 Å². The van der Waals surface area contributed by atoms with Gasteiger partial charge in [-0.25, -0.2) is 14.6 Å². The van der Waals surface area contributed by atoms with E-state index in [0.29, 0.717) is 24.2 Å². The second-order valence-corrected chi connectivity index (χ2v) is 13.8. The van der Waals surface area contributed by atoms with E-state index in [2.05, 4.69) is 10.3 Å². The number of para-hydroxylation sites is 1. The summed E-state index contributed by atoms with van der Waals surface area (Å²) in [7, 11) is 1.94. The molecule has 230 valence electrons. The van der Waals surface area contributed by atoms with E-state index >= 15 is 0 Å². The predicted molar refractivity (Wildman–Crippen MR) is 161 cm³/mol. The smallest absolute Gasteiger partial charge is 0.358 e. The number of carbonyl (C=O) groups is 3. The highest BCUT2D eigenvalue weighted by atomic mass is 16.4. The number of amides is 3. The third-order valence-corrected chi connectivity index (χ3v) is 9.91. The molecule has 0 spiro atoms. The lowest BCUT2D eigenvalue weighted by atomic mass is 9.53. The van der Waals surface area contributed by atoms with Gasteiger partial charge in [-0.1, -0.05) is 32.0 Å². The Morgan fingerprint density at radius 3 is 2.35 bits per heavy atom. The highest BCUT2D eigenvalue weighted by molar-refractivity contribution is 5.98. The van der Waals surface area contributed by atoms with E-state index < -0.39 is 30.0 Å². The lowest BCUT2D eigenvalue weighted by Gasteiger charge is -2.57. The number of aromatic nitrogens is 2. The van der Waals surface area contributed by atoms with Crippen LogP contribution in [0.1, 0.15) is 92.5 Å². The van der Waals surface area contributed by atoms with Crippen molar-refractivity contribution in [1.82, 2.24) is 19.8 Å². The number of hydrogen-bond donors (Lipinski definition) is 3. The maximum atomic E-state index is 14.5. The Hall–Kier alpha value is -3.66. The molecule has 0 radical (unpaired) electrons. The van der Waals surface area contributed by atoms with Gasteiger partial charge >= 0.3 is 12.0 Å². The summed E-state index contributed by atoms with van der Waals surface area (Å²) in [5, 5.41) is 14.1. The molecule has 2 heterocycles. The Labute approximate surface area is 252 Å². The van der Waals surface area contributed by atoms with Crippen LogP contribution < -0.4 is 11.1 Å². The van der Waals surface area contributed by atoms with Gasteiger partial charge in [0.1, 0.15) is 11.8 Å². The molecule has 4 bridgehead atoms. The number of benzene rings is 1. The first-order chi connectivity index (χ1) is 20.4. The zero-order chi connectivity index (χ0) is 30.6. The van der Waals surface area contributed by atoms with Gasteiger partial charge in [-0.15, -0.1) is 0 Å². The van der Waals surface area contributed by atoms with Crippen molar-refractivity contribution >= 4 is 28.8 Å². The molecule has 10 nitrogen and oxygen atoms in total. The number of nitrogens with zero attached hydrogens (tertiary/aromatic N) is 3. The number of urea groups is 1. The van der Waals surface area contributed by atoms with E-state index in [4.69, 9.17) is 10.2 Å². The molecule has 4 aliphatic rings. The minimum absolute atomic E-state index is 0.00796. The van der Waals surface area contributed by atoms with Crippen LogP contribution in [0.4, 0.5) is 4.79 Å². The van der Waals surface area contributed by atoms with E-state index in [1.807, 2.05) is 55.9 Å². The lowest BCUT2D eigenvalue weighted by Crippen LogP contribution is -2.63. The van der Waals surface area contributed by atoms with Gasteiger partial charge in [0, 0.05) is 36.1 Å². The Morgan fingerprint density at radius 2 is 1.77 bits per heavy atom. The third kappa shape index (κ3) is 5.57. The van der Waals surface area contributed by atoms with Crippen LogP contribution in [0.25, 0.3) is 10.9 Å². The van der Waals surface area contributed by atoms with E-state index in [9.17, 15) is 19.5 Å². The second kappa shape index (κ2) is 11.1. The van der Waals surface area contributed by atoms with Crippen molar-refractivity contribution in [2.45, 2.75) is 89.8 Å². The number of rotatable bonds is 9. The summed E-state index contributed by atoms with van der Waals surface area (Å²) in [6.07, 6.45) is 8.96. The molecule has 7 rings (SSSR count). The molecule has 4 N–H and O–H groups in total. The van der Waals surface area contributed by atoms with Crippen LogP contribution in [0, 0.1) is 30.6 Å². The van der Waals surface area contributed by atoms with Gasteiger partial charge in [0.05, 0.1) is 6.04 Å².